The molecule has 0 saturated heterocycles. The van der Waals surface area contributed by atoms with Gasteiger partial charge >= 0.3 is 5.97 Å². The number of aliphatic carboxylic acids is 1. The number of ether oxygens (including phenoxy) is 2. The Bertz CT molecular complexity index is 196. The molecular weight excluding hydrogens is 172 g/mol. The quantitative estimate of drug-likeness (QED) is 0.509. The van der Waals surface area contributed by atoms with Crippen molar-refractivity contribution in [3.05, 3.63) is 11.5 Å². The molecule has 0 bridgehead atoms. The summed E-state index contributed by atoms with van der Waals surface area (Å²) in [6, 6.07) is 0. The van der Waals surface area contributed by atoms with Gasteiger partial charge in [0, 0.05) is 6.42 Å². The Balaban J connectivity index is 4.66. The first-order valence-corrected chi connectivity index (χ1v) is 4.39. The molecule has 1 N–H and O–H groups in total. The Morgan fingerprint density at radius 1 is 1.15 bits per heavy atom. The Hall–Kier alpha value is -1.19. The van der Waals surface area contributed by atoms with Gasteiger partial charge in [-0.1, -0.05) is 6.92 Å². The summed E-state index contributed by atoms with van der Waals surface area (Å²) in [5.41, 5.74) is 0. The predicted molar refractivity (Wildman–Crippen MR) is 48.2 cm³/mol. The second-order valence-corrected chi connectivity index (χ2v) is 2.28. The van der Waals surface area contributed by atoms with Crippen molar-refractivity contribution in [2.45, 2.75) is 27.2 Å². The van der Waals surface area contributed by atoms with Crippen molar-refractivity contribution >= 4 is 5.97 Å². The number of carbonyl (C=O) groups is 1. The maximum Gasteiger partial charge on any atom is 0.374 e. The van der Waals surface area contributed by atoms with Crippen LogP contribution >= 0.6 is 0 Å². The Morgan fingerprint density at radius 2 is 1.69 bits per heavy atom. The largest absolute Gasteiger partial charge is 0.494 e. The first-order chi connectivity index (χ1) is 6.17. The van der Waals surface area contributed by atoms with Crippen molar-refractivity contribution in [1.82, 2.24) is 0 Å². The van der Waals surface area contributed by atoms with Crippen molar-refractivity contribution in [2.75, 3.05) is 13.2 Å². The zero-order valence-electron chi connectivity index (χ0n) is 8.29. The number of rotatable bonds is 6. The monoisotopic (exact) mass is 188 g/mol. The molecule has 4 nitrogen and oxygen atoms in total. The second-order valence-electron chi connectivity index (χ2n) is 2.28. The van der Waals surface area contributed by atoms with Gasteiger partial charge in [-0.25, -0.2) is 4.79 Å². The first kappa shape index (κ1) is 11.8. The fraction of sp³-hybridized carbons (Fsp3) is 0.667. The highest BCUT2D eigenvalue weighted by Gasteiger charge is 2.15. The van der Waals surface area contributed by atoms with Gasteiger partial charge in [-0.2, -0.15) is 0 Å². The summed E-state index contributed by atoms with van der Waals surface area (Å²) in [6.07, 6.45) is 0.523. The lowest BCUT2D eigenvalue weighted by atomic mass is 10.3. The lowest BCUT2D eigenvalue weighted by molar-refractivity contribution is -0.137. The molecule has 0 spiro atoms. The van der Waals surface area contributed by atoms with Crippen LogP contribution in [0.25, 0.3) is 0 Å². The van der Waals surface area contributed by atoms with Crippen LogP contribution in [0.2, 0.25) is 0 Å². The maximum atomic E-state index is 10.7. The molecule has 0 atom stereocenters. The van der Waals surface area contributed by atoms with Gasteiger partial charge in [-0.05, 0) is 13.8 Å². The summed E-state index contributed by atoms with van der Waals surface area (Å²) >= 11 is 0. The topological polar surface area (TPSA) is 55.8 Å². The van der Waals surface area contributed by atoms with E-state index in [4.69, 9.17) is 14.6 Å². The molecule has 0 aromatic heterocycles. The molecule has 0 aliphatic rings. The number of hydrogen-bond acceptors (Lipinski definition) is 3. The van der Waals surface area contributed by atoms with Crippen LogP contribution in [0.4, 0.5) is 0 Å². The molecule has 0 radical (unpaired) electrons. The van der Waals surface area contributed by atoms with Crippen LogP contribution in [0.5, 0.6) is 0 Å². The molecule has 0 aromatic carbocycles. The minimum absolute atomic E-state index is 0.0770. The minimum Gasteiger partial charge on any atom is -0.494 e. The molecule has 0 saturated carbocycles. The van der Waals surface area contributed by atoms with Crippen LogP contribution in [-0.4, -0.2) is 24.3 Å². The molecule has 0 amide bonds. The number of allylic oxidation sites excluding steroid dienone is 1. The van der Waals surface area contributed by atoms with Gasteiger partial charge < -0.3 is 14.6 Å². The van der Waals surface area contributed by atoms with E-state index in [2.05, 4.69) is 0 Å². The summed E-state index contributed by atoms with van der Waals surface area (Å²) in [5.74, 6) is -0.754. The zero-order chi connectivity index (χ0) is 10.3. The summed E-state index contributed by atoms with van der Waals surface area (Å²) in [7, 11) is 0. The smallest absolute Gasteiger partial charge is 0.374 e. The van der Waals surface area contributed by atoms with Crippen molar-refractivity contribution in [3.8, 4) is 0 Å². The van der Waals surface area contributed by atoms with Crippen LogP contribution in [0.1, 0.15) is 27.2 Å². The molecule has 0 fully saturated rings. The van der Waals surface area contributed by atoms with Crippen LogP contribution in [0, 0.1) is 0 Å². The average Bonchev–Trinajstić information content (AvgIpc) is 2.10. The third kappa shape index (κ3) is 3.83. The molecule has 0 unspecified atom stereocenters. The molecule has 76 valence electrons. The SMILES string of the molecule is CCOC(CC)=C(OCC)C(=O)O. The van der Waals surface area contributed by atoms with Crippen molar-refractivity contribution in [3.63, 3.8) is 0 Å². The van der Waals surface area contributed by atoms with E-state index in [1.165, 1.54) is 0 Å². The van der Waals surface area contributed by atoms with Gasteiger partial charge in [0.25, 0.3) is 0 Å². The van der Waals surface area contributed by atoms with Gasteiger partial charge in [0.2, 0.25) is 5.76 Å². The molecular formula is C9H16O4. The van der Waals surface area contributed by atoms with Crippen molar-refractivity contribution in [2.24, 2.45) is 0 Å². The van der Waals surface area contributed by atoms with E-state index >= 15 is 0 Å². The zero-order valence-corrected chi connectivity index (χ0v) is 8.29. The fourth-order valence-corrected chi connectivity index (χ4v) is 0.908. The van der Waals surface area contributed by atoms with Crippen molar-refractivity contribution in [1.29, 1.82) is 0 Å². The normalized spacial score (nSPS) is 11.9. The number of carboxylic acids is 1. The molecule has 4 heteroatoms. The van der Waals surface area contributed by atoms with Gasteiger partial charge in [-0.3, -0.25) is 0 Å². The van der Waals surface area contributed by atoms with Gasteiger partial charge in [0.15, 0.2) is 0 Å². The van der Waals surface area contributed by atoms with Crippen LogP contribution in [-0.2, 0) is 14.3 Å². The van der Waals surface area contributed by atoms with E-state index in [0.717, 1.165) is 0 Å². The Labute approximate surface area is 78.2 Å². The van der Waals surface area contributed by atoms with Gasteiger partial charge in [-0.15, -0.1) is 0 Å². The molecule has 0 heterocycles. The number of carboxylic acid groups (broad SMARTS) is 1. The van der Waals surface area contributed by atoms with Gasteiger partial charge in [0.05, 0.1) is 13.2 Å². The highest BCUT2D eigenvalue weighted by atomic mass is 16.5. The summed E-state index contributed by atoms with van der Waals surface area (Å²) in [5, 5.41) is 8.77. The fourth-order valence-electron chi connectivity index (χ4n) is 0.908. The second kappa shape index (κ2) is 6.34. The Morgan fingerprint density at radius 3 is 2.00 bits per heavy atom. The summed E-state index contributed by atoms with van der Waals surface area (Å²) < 4.78 is 10.1. The molecule has 0 aromatic rings. The summed E-state index contributed by atoms with van der Waals surface area (Å²) in [4.78, 5) is 10.7. The van der Waals surface area contributed by atoms with E-state index in [9.17, 15) is 4.79 Å². The van der Waals surface area contributed by atoms with Crippen LogP contribution in [0.3, 0.4) is 0 Å². The van der Waals surface area contributed by atoms with Crippen LogP contribution in [0.15, 0.2) is 11.5 Å². The minimum atomic E-state index is -1.08. The lowest BCUT2D eigenvalue weighted by Crippen LogP contribution is -2.10. The molecule has 0 aliphatic carbocycles. The first-order valence-electron chi connectivity index (χ1n) is 4.39. The third-order valence-corrected chi connectivity index (χ3v) is 1.38. The highest BCUT2D eigenvalue weighted by molar-refractivity contribution is 5.84. The van der Waals surface area contributed by atoms with Crippen LogP contribution < -0.4 is 0 Å². The van der Waals surface area contributed by atoms with E-state index in [-0.39, 0.29) is 5.76 Å². The predicted octanol–water partition coefficient (Wildman–Crippen LogP) is 1.77. The third-order valence-electron chi connectivity index (χ3n) is 1.38. The lowest BCUT2D eigenvalue weighted by Gasteiger charge is -2.10. The maximum absolute atomic E-state index is 10.7. The van der Waals surface area contributed by atoms with E-state index < -0.39 is 5.97 Å². The number of hydrogen-bond donors (Lipinski definition) is 1. The molecule has 13 heavy (non-hydrogen) atoms. The van der Waals surface area contributed by atoms with E-state index in [1.54, 1.807) is 13.8 Å². The summed E-state index contributed by atoms with van der Waals surface area (Å²) in [6.45, 7) is 6.15. The average molecular weight is 188 g/mol. The van der Waals surface area contributed by atoms with E-state index in [1.807, 2.05) is 6.92 Å². The standard InChI is InChI=1S/C9H16O4/c1-4-7(12-5-2)8(9(10)11)13-6-3/h4-6H2,1-3H3,(H,10,11). The molecule has 0 aliphatic heterocycles. The highest BCUT2D eigenvalue weighted by Crippen LogP contribution is 2.12. The Kier molecular flexibility index (Phi) is 5.76. The van der Waals surface area contributed by atoms with Crippen molar-refractivity contribution < 1.29 is 19.4 Å². The van der Waals surface area contributed by atoms with E-state index in [0.29, 0.717) is 25.4 Å². The molecule has 0 rings (SSSR count). The van der Waals surface area contributed by atoms with Gasteiger partial charge in [0.1, 0.15) is 5.76 Å².